The van der Waals surface area contributed by atoms with Crippen LogP contribution >= 0.6 is 0 Å². The summed E-state index contributed by atoms with van der Waals surface area (Å²) in [6.07, 6.45) is 2.08. The van der Waals surface area contributed by atoms with Crippen molar-refractivity contribution in [2.45, 2.75) is 37.2 Å². The van der Waals surface area contributed by atoms with Crippen LogP contribution in [-0.4, -0.2) is 27.2 Å². The lowest BCUT2D eigenvalue weighted by Crippen LogP contribution is -2.16. The largest absolute Gasteiger partial charge is 0.373 e. The highest BCUT2D eigenvalue weighted by molar-refractivity contribution is 7.86. The van der Waals surface area contributed by atoms with Gasteiger partial charge in [-0.25, -0.2) is 0 Å². The van der Waals surface area contributed by atoms with Crippen molar-refractivity contribution in [2.24, 2.45) is 0 Å². The maximum absolute atomic E-state index is 11.8. The van der Waals surface area contributed by atoms with Crippen LogP contribution in [0.15, 0.2) is 29.2 Å². The quantitative estimate of drug-likeness (QED) is 0.588. The van der Waals surface area contributed by atoms with Gasteiger partial charge in [-0.15, -0.1) is 0 Å². The molecule has 2 rings (SSSR count). The molecule has 0 heterocycles. The second-order valence-corrected chi connectivity index (χ2v) is 6.50. The van der Waals surface area contributed by atoms with Crippen molar-refractivity contribution in [2.75, 3.05) is 13.2 Å². The van der Waals surface area contributed by atoms with Crippen LogP contribution < -0.4 is 0 Å². The van der Waals surface area contributed by atoms with E-state index < -0.39 is 10.1 Å². The Bertz CT molecular complexity index is 500. The fourth-order valence-corrected chi connectivity index (χ4v) is 2.42. The summed E-state index contributed by atoms with van der Waals surface area (Å²) in [6.45, 7) is 4.29. The van der Waals surface area contributed by atoms with E-state index in [4.69, 9.17) is 8.92 Å². The van der Waals surface area contributed by atoms with Gasteiger partial charge in [-0.2, -0.15) is 8.42 Å². The molecule has 0 atom stereocenters. The smallest absolute Gasteiger partial charge is 0.297 e. The van der Waals surface area contributed by atoms with Crippen LogP contribution in [0, 0.1) is 6.92 Å². The molecule has 0 aromatic heterocycles. The van der Waals surface area contributed by atoms with E-state index in [0.717, 1.165) is 18.4 Å². The van der Waals surface area contributed by atoms with Crippen molar-refractivity contribution >= 4 is 10.1 Å². The fraction of sp³-hybridized carbons (Fsp3) is 0.538. The van der Waals surface area contributed by atoms with Gasteiger partial charge >= 0.3 is 0 Å². The summed E-state index contributed by atoms with van der Waals surface area (Å²) in [6, 6.07) is 6.59. The summed E-state index contributed by atoms with van der Waals surface area (Å²) in [5.74, 6) is 0. The molecule has 18 heavy (non-hydrogen) atoms. The Morgan fingerprint density at radius 3 is 2.33 bits per heavy atom. The first-order valence-corrected chi connectivity index (χ1v) is 7.42. The van der Waals surface area contributed by atoms with E-state index in [2.05, 4.69) is 0 Å². The minimum absolute atomic E-state index is 0.0447. The van der Waals surface area contributed by atoms with Gasteiger partial charge in [-0.05, 0) is 38.8 Å². The molecule has 1 aliphatic rings. The average Bonchev–Trinajstić information content (AvgIpc) is 3.04. The molecule has 5 heteroatoms. The van der Waals surface area contributed by atoms with Crippen LogP contribution in [0.4, 0.5) is 0 Å². The second-order valence-electron chi connectivity index (χ2n) is 4.89. The maximum atomic E-state index is 11.8. The molecule has 1 saturated carbocycles. The van der Waals surface area contributed by atoms with Gasteiger partial charge in [-0.1, -0.05) is 17.7 Å². The van der Waals surface area contributed by atoms with Crippen molar-refractivity contribution in [1.82, 2.24) is 0 Å². The SMILES string of the molecule is Cc1ccc(S(=O)(=O)OCCOC2(C)CC2)cc1. The molecule has 4 nitrogen and oxygen atoms in total. The molecule has 0 radical (unpaired) electrons. The Labute approximate surface area is 108 Å². The third kappa shape index (κ3) is 3.54. The van der Waals surface area contributed by atoms with Gasteiger partial charge in [0.05, 0.1) is 23.7 Å². The van der Waals surface area contributed by atoms with Crippen molar-refractivity contribution in [3.05, 3.63) is 29.8 Å². The van der Waals surface area contributed by atoms with E-state index in [1.54, 1.807) is 24.3 Å². The Kier molecular flexibility index (Phi) is 3.75. The molecular weight excluding hydrogens is 252 g/mol. The van der Waals surface area contributed by atoms with Crippen LogP contribution in [0.3, 0.4) is 0 Å². The third-order valence-corrected chi connectivity index (χ3v) is 4.36. The minimum Gasteiger partial charge on any atom is -0.373 e. The highest BCUT2D eigenvalue weighted by atomic mass is 32.2. The van der Waals surface area contributed by atoms with E-state index in [-0.39, 0.29) is 17.1 Å². The van der Waals surface area contributed by atoms with Crippen LogP contribution in [-0.2, 0) is 19.0 Å². The van der Waals surface area contributed by atoms with Crippen LogP contribution in [0.1, 0.15) is 25.3 Å². The van der Waals surface area contributed by atoms with Crippen LogP contribution in [0.2, 0.25) is 0 Å². The first kappa shape index (κ1) is 13.5. The number of ether oxygens (including phenoxy) is 1. The summed E-state index contributed by atoms with van der Waals surface area (Å²) in [5, 5.41) is 0. The summed E-state index contributed by atoms with van der Waals surface area (Å²) >= 11 is 0. The molecule has 0 aliphatic heterocycles. The number of benzene rings is 1. The van der Waals surface area contributed by atoms with Gasteiger partial charge in [0.25, 0.3) is 10.1 Å². The lowest BCUT2D eigenvalue weighted by molar-refractivity contribution is 0.0284. The molecule has 1 aromatic carbocycles. The number of hydrogen-bond donors (Lipinski definition) is 0. The highest BCUT2D eigenvalue weighted by Gasteiger charge is 2.38. The molecular formula is C13H18O4S. The lowest BCUT2D eigenvalue weighted by atomic mass is 10.2. The number of hydrogen-bond acceptors (Lipinski definition) is 4. The zero-order chi connectivity index (χ0) is 13.2. The summed E-state index contributed by atoms with van der Waals surface area (Å²) in [4.78, 5) is 0.186. The van der Waals surface area contributed by atoms with Crippen LogP contribution in [0.5, 0.6) is 0 Å². The average molecular weight is 270 g/mol. The van der Waals surface area contributed by atoms with Crippen molar-refractivity contribution in [3.8, 4) is 0 Å². The van der Waals surface area contributed by atoms with E-state index in [1.807, 2.05) is 13.8 Å². The molecule has 0 saturated heterocycles. The van der Waals surface area contributed by atoms with Gasteiger partial charge in [0.1, 0.15) is 0 Å². The van der Waals surface area contributed by atoms with Crippen molar-refractivity contribution < 1.29 is 17.3 Å². The van der Waals surface area contributed by atoms with Crippen molar-refractivity contribution in [3.63, 3.8) is 0 Å². The second kappa shape index (κ2) is 4.99. The molecule has 1 fully saturated rings. The first-order chi connectivity index (χ1) is 8.41. The topological polar surface area (TPSA) is 52.6 Å². The number of aryl methyl sites for hydroxylation is 1. The van der Waals surface area contributed by atoms with E-state index in [9.17, 15) is 8.42 Å². The first-order valence-electron chi connectivity index (χ1n) is 6.01. The Morgan fingerprint density at radius 2 is 1.78 bits per heavy atom. The van der Waals surface area contributed by atoms with E-state index in [1.165, 1.54) is 0 Å². The van der Waals surface area contributed by atoms with Crippen LogP contribution in [0.25, 0.3) is 0 Å². The third-order valence-electron chi connectivity index (χ3n) is 3.04. The van der Waals surface area contributed by atoms with E-state index >= 15 is 0 Å². The molecule has 100 valence electrons. The monoisotopic (exact) mass is 270 g/mol. The molecule has 1 aliphatic carbocycles. The van der Waals surface area contributed by atoms with Crippen molar-refractivity contribution in [1.29, 1.82) is 0 Å². The fourth-order valence-electron chi connectivity index (χ4n) is 1.53. The molecule has 1 aromatic rings. The predicted octanol–water partition coefficient (Wildman–Crippen LogP) is 2.27. The normalized spacial score (nSPS) is 17.7. The van der Waals surface area contributed by atoms with Gasteiger partial charge in [0, 0.05) is 0 Å². The summed E-state index contributed by atoms with van der Waals surface area (Å²) < 4.78 is 34.0. The minimum atomic E-state index is -3.65. The molecule has 0 bridgehead atoms. The summed E-state index contributed by atoms with van der Waals surface area (Å²) in [7, 11) is -3.65. The van der Waals surface area contributed by atoms with Gasteiger partial charge in [-0.3, -0.25) is 4.18 Å². The zero-order valence-electron chi connectivity index (χ0n) is 10.7. The molecule has 0 N–H and O–H groups in total. The van der Waals surface area contributed by atoms with Gasteiger partial charge < -0.3 is 4.74 Å². The van der Waals surface area contributed by atoms with Gasteiger partial charge in [0.15, 0.2) is 0 Å². The van der Waals surface area contributed by atoms with E-state index in [0.29, 0.717) is 6.61 Å². The summed E-state index contributed by atoms with van der Waals surface area (Å²) in [5.41, 5.74) is 0.968. The Morgan fingerprint density at radius 1 is 1.17 bits per heavy atom. The lowest BCUT2D eigenvalue weighted by Gasteiger charge is -2.10. The Hall–Kier alpha value is -0.910. The molecule has 0 spiro atoms. The zero-order valence-corrected chi connectivity index (χ0v) is 11.5. The molecule has 0 amide bonds. The predicted molar refractivity (Wildman–Crippen MR) is 67.9 cm³/mol. The number of rotatable bonds is 6. The Balaban J connectivity index is 1.85. The molecule has 0 unspecified atom stereocenters. The van der Waals surface area contributed by atoms with Gasteiger partial charge in [0.2, 0.25) is 0 Å². The standard InChI is InChI=1S/C13H18O4S/c1-11-3-5-12(6-4-11)18(14,15)17-10-9-16-13(2)7-8-13/h3-6H,7-10H2,1-2H3. The highest BCUT2D eigenvalue weighted by Crippen LogP contribution is 2.38. The maximum Gasteiger partial charge on any atom is 0.297 e.